The summed E-state index contributed by atoms with van der Waals surface area (Å²) in [5.74, 6) is -0.366. The van der Waals surface area contributed by atoms with Crippen LogP contribution in [0.2, 0.25) is 0 Å². The average Bonchev–Trinajstić information content (AvgIpc) is 2.92. The van der Waals surface area contributed by atoms with Crippen molar-refractivity contribution in [2.75, 3.05) is 13.2 Å². The van der Waals surface area contributed by atoms with Gasteiger partial charge in [0, 0.05) is 28.6 Å². The van der Waals surface area contributed by atoms with Gasteiger partial charge in [-0.25, -0.2) is 0 Å². The van der Waals surface area contributed by atoms with Crippen LogP contribution in [0.25, 0.3) is 0 Å². The molecule has 0 bridgehead atoms. The number of nitrogens with one attached hydrogen (secondary N) is 2. The third-order valence-corrected chi connectivity index (χ3v) is 4.23. The third-order valence-electron chi connectivity index (χ3n) is 3.74. The van der Waals surface area contributed by atoms with Gasteiger partial charge >= 0.3 is 0 Å². The third kappa shape index (κ3) is 4.54. The molecule has 114 valence electrons. The van der Waals surface area contributed by atoms with E-state index >= 15 is 0 Å². The van der Waals surface area contributed by atoms with Crippen molar-refractivity contribution in [3.63, 3.8) is 0 Å². The van der Waals surface area contributed by atoms with Gasteiger partial charge in [0.15, 0.2) is 0 Å². The van der Waals surface area contributed by atoms with Crippen molar-refractivity contribution in [1.29, 1.82) is 0 Å². The molecule has 0 heterocycles. The number of benzene rings is 1. The van der Waals surface area contributed by atoms with Crippen molar-refractivity contribution < 1.29 is 14.7 Å². The monoisotopic (exact) mass is 354 g/mol. The first-order valence-electron chi connectivity index (χ1n) is 7.04. The minimum atomic E-state index is -0.281. The predicted molar refractivity (Wildman–Crippen MR) is 82.8 cm³/mol. The molecule has 1 aliphatic rings. The standard InChI is InChI=1S/C15H19BrN2O3/c16-12-5-1-3-10(7-12)15(21)17-8-14(20)18-13-6-2-4-11(13)9-19/h1,3,5,7,11,13,19H,2,4,6,8-9H2,(H,17,21)(H,18,20). The topological polar surface area (TPSA) is 78.4 Å². The van der Waals surface area contributed by atoms with E-state index in [1.165, 1.54) is 0 Å². The fourth-order valence-corrected chi connectivity index (χ4v) is 2.99. The minimum absolute atomic E-state index is 0.0188. The van der Waals surface area contributed by atoms with Crippen molar-refractivity contribution in [3.05, 3.63) is 34.3 Å². The summed E-state index contributed by atoms with van der Waals surface area (Å²) in [6, 6.07) is 7.01. The maximum Gasteiger partial charge on any atom is 0.251 e. The summed E-state index contributed by atoms with van der Waals surface area (Å²) in [6.45, 7) is 0.0370. The van der Waals surface area contributed by atoms with Gasteiger partial charge in [0.1, 0.15) is 0 Å². The Labute approximate surface area is 132 Å². The molecular formula is C15H19BrN2O3. The molecule has 0 saturated heterocycles. The maximum atomic E-state index is 11.9. The Morgan fingerprint density at radius 1 is 1.33 bits per heavy atom. The maximum absolute atomic E-state index is 11.9. The Bertz CT molecular complexity index is 521. The lowest BCUT2D eigenvalue weighted by Gasteiger charge is -2.19. The molecule has 0 aromatic heterocycles. The van der Waals surface area contributed by atoms with Crippen LogP contribution in [0.4, 0.5) is 0 Å². The fourth-order valence-electron chi connectivity index (χ4n) is 2.60. The Morgan fingerprint density at radius 2 is 2.14 bits per heavy atom. The van der Waals surface area contributed by atoms with Crippen molar-refractivity contribution >= 4 is 27.7 Å². The predicted octanol–water partition coefficient (Wildman–Crippen LogP) is 1.46. The Morgan fingerprint density at radius 3 is 2.86 bits per heavy atom. The van der Waals surface area contributed by atoms with Crippen molar-refractivity contribution in [2.45, 2.75) is 25.3 Å². The van der Waals surface area contributed by atoms with Crippen molar-refractivity contribution in [3.8, 4) is 0 Å². The van der Waals surface area contributed by atoms with Crippen molar-refractivity contribution in [1.82, 2.24) is 10.6 Å². The number of carbonyl (C=O) groups is 2. The average molecular weight is 355 g/mol. The summed E-state index contributed by atoms with van der Waals surface area (Å²) < 4.78 is 0.816. The summed E-state index contributed by atoms with van der Waals surface area (Å²) in [5.41, 5.74) is 0.506. The van der Waals surface area contributed by atoms with Gasteiger partial charge in [0.25, 0.3) is 5.91 Å². The van der Waals surface area contributed by atoms with Gasteiger partial charge in [-0.3, -0.25) is 9.59 Å². The number of hydrogen-bond donors (Lipinski definition) is 3. The quantitative estimate of drug-likeness (QED) is 0.748. The highest BCUT2D eigenvalue weighted by Gasteiger charge is 2.27. The van der Waals surface area contributed by atoms with Gasteiger partial charge in [-0.2, -0.15) is 0 Å². The molecule has 2 rings (SSSR count). The molecule has 5 nitrogen and oxygen atoms in total. The summed E-state index contributed by atoms with van der Waals surface area (Å²) in [4.78, 5) is 23.8. The van der Waals surface area contributed by atoms with Crippen LogP contribution in [0.5, 0.6) is 0 Å². The zero-order chi connectivity index (χ0) is 15.2. The fraction of sp³-hybridized carbons (Fsp3) is 0.467. The lowest BCUT2D eigenvalue weighted by molar-refractivity contribution is -0.121. The summed E-state index contributed by atoms with van der Waals surface area (Å²) >= 11 is 3.30. The first-order chi connectivity index (χ1) is 10.1. The molecule has 1 fully saturated rings. The van der Waals surface area contributed by atoms with Gasteiger partial charge < -0.3 is 15.7 Å². The first-order valence-corrected chi connectivity index (χ1v) is 7.83. The Kier molecular flexibility index (Phi) is 5.76. The van der Waals surface area contributed by atoms with Crippen LogP contribution in [0, 0.1) is 5.92 Å². The molecule has 1 aliphatic carbocycles. The Hall–Kier alpha value is -1.40. The highest BCUT2D eigenvalue weighted by molar-refractivity contribution is 9.10. The zero-order valence-corrected chi connectivity index (χ0v) is 13.2. The molecule has 6 heteroatoms. The molecule has 1 aromatic carbocycles. The van der Waals surface area contributed by atoms with Crippen LogP contribution >= 0.6 is 15.9 Å². The van der Waals surface area contributed by atoms with E-state index < -0.39 is 0 Å². The molecule has 0 spiro atoms. The molecule has 0 aliphatic heterocycles. The molecular weight excluding hydrogens is 336 g/mol. The lowest BCUT2D eigenvalue weighted by Crippen LogP contribution is -2.44. The SMILES string of the molecule is O=C(CNC(=O)c1cccc(Br)c1)NC1CCCC1CO. The second-order valence-corrected chi connectivity index (χ2v) is 6.16. The molecule has 1 saturated carbocycles. The van der Waals surface area contributed by atoms with Crippen molar-refractivity contribution in [2.24, 2.45) is 5.92 Å². The second-order valence-electron chi connectivity index (χ2n) is 5.24. The highest BCUT2D eigenvalue weighted by Crippen LogP contribution is 2.24. The molecule has 0 radical (unpaired) electrons. The number of aliphatic hydroxyl groups is 1. The number of carbonyl (C=O) groups excluding carboxylic acids is 2. The van der Waals surface area contributed by atoms with E-state index in [2.05, 4.69) is 26.6 Å². The number of hydrogen-bond acceptors (Lipinski definition) is 3. The highest BCUT2D eigenvalue weighted by atomic mass is 79.9. The van der Waals surface area contributed by atoms with E-state index in [4.69, 9.17) is 0 Å². The van der Waals surface area contributed by atoms with Gasteiger partial charge in [-0.1, -0.05) is 28.4 Å². The van der Waals surface area contributed by atoms with E-state index in [0.717, 1.165) is 23.7 Å². The van der Waals surface area contributed by atoms with Crippen LogP contribution in [-0.4, -0.2) is 36.1 Å². The number of amides is 2. The molecule has 1 aromatic rings. The van der Waals surface area contributed by atoms with Gasteiger partial charge in [-0.05, 0) is 31.0 Å². The van der Waals surface area contributed by atoms with Gasteiger partial charge in [0.2, 0.25) is 5.91 Å². The van der Waals surface area contributed by atoms with Gasteiger partial charge in [-0.15, -0.1) is 0 Å². The van der Waals surface area contributed by atoms with Crippen LogP contribution in [0.15, 0.2) is 28.7 Å². The zero-order valence-electron chi connectivity index (χ0n) is 11.6. The van der Waals surface area contributed by atoms with E-state index in [1.54, 1.807) is 18.2 Å². The van der Waals surface area contributed by atoms with Gasteiger partial charge in [0.05, 0.1) is 6.54 Å². The molecule has 21 heavy (non-hydrogen) atoms. The second kappa shape index (κ2) is 7.56. The summed E-state index contributed by atoms with van der Waals surface area (Å²) in [6.07, 6.45) is 2.84. The minimum Gasteiger partial charge on any atom is -0.396 e. The van der Waals surface area contributed by atoms with Crippen LogP contribution in [-0.2, 0) is 4.79 Å². The number of rotatable bonds is 5. The van der Waals surface area contributed by atoms with E-state index in [0.29, 0.717) is 5.56 Å². The lowest BCUT2D eigenvalue weighted by atomic mass is 10.1. The Balaban J connectivity index is 1.80. The molecule has 3 N–H and O–H groups in total. The van der Waals surface area contributed by atoms with Crippen LogP contribution in [0.1, 0.15) is 29.6 Å². The number of aliphatic hydroxyl groups excluding tert-OH is 1. The molecule has 2 amide bonds. The smallest absolute Gasteiger partial charge is 0.251 e. The first kappa shape index (κ1) is 16.0. The number of halogens is 1. The van der Waals surface area contributed by atoms with Crippen LogP contribution < -0.4 is 10.6 Å². The van der Waals surface area contributed by atoms with Crippen LogP contribution in [0.3, 0.4) is 0 Å². The summed E-state index contributed by atoms with van der Waals surface area (Å²) in [7, 11) is 0. The largest absolute Gasteiger partial charge is 0.396 e. The van der Waals surface area contributed by atoms with E-state index in [-0.39, 0.29) is 36.9 Å². The van der Waals surface area contributed by atoms with E-state index in [1.807, 2.05) is 6.07 Å². The summed E-state index contributed by atoms with van der Waals surface area (Å²) in [5, 5.41) is 14.7. The normalized spacial score (nSPS) is 21.0. The molecule has 2 unspecified atom stereocenters. The van der Waals surface area contributed by atoms with E-state index in [9.17, 15) is 14.7 Å². The molecule has 2 atom stereocenters.